The Labute approximate surface area is 97.1 Å². The Balaban J connectivity index is 2.58. The molecule has 0 aliphatic carbocycles. The Kier molecular flexibility index (Phi) is 5.15. The standard InChI is InChI=1S/C12H21N3O/c1-4-6-10(3)11(16)8-12-13-9-14-15(12)7-5-2/h9-10H,4-8H2,1-3H3. The van der Waals surface area contributed by atoms with Gasteiger partial charge in [-0.25, -0.2) is 9.67 Å². The van der Waals surface area contributed by atoms with E-state index in [4.69, 9.17) is 0 Å². The van der Waals surface area contributed by atoms with Crippen molar-refractivity contribution in [1.29, 1.82) is 0 Å². The highest BCUT2D eigenvalue weighted by atomic mass is 16.1. The monoisotopic (exact) mass is 223 g/mol. The van der Waals surface area contributed by atoms with E-state index in [2.05, 4.69) is 23.9 Å². The highest BCUT2D eigenvalue weighted by Crippen LogP contribution is 2.09. The molecule has 1 atom stereocenters. The van der Waals surface area contributed by atoms with Gasteiger partial charge in [-0.15, -0.1) is 0 Å². The number of Topliss-reactive ketones (excluding diaryl/α,β-unsaturated/α-hetero) is 1. The summed E-state index contributed by atoms with van der Waals surface area (Å²) < 4.78 is 1.83. The largest absolute Gasteiger partial charge is 0.299 e. The van der Waals surface area contributed by atoms with Gasteiger partial charge in [-0.3, -0.25) is 4.79 Å². The van der Waals surface area contributed by atoms with Gasteiger partial charge in [0.1, 0.15) is 17.9 Å². The number of aryl methyl sites for hydroxylation is 1. The summed E-state index contributed by atoms with van der Waals surface area (Å²) in [6.07, 6.45) is 4.97. The summed E-state index contributed by atoms with van der Waals surface area (Å²) in [6.45, 7) is 7.02. The lowest BCUT2D eigenvalue weighted by atomic mass is 9.98. The first-order valence-corrected chi connectivity index (χ1v) is 6.08. The summed E-state index contributed by atoms with van der Waals surface area (Å²) in [5.41, 5.74) is 0. The van der Waals surface area contributed by atoms with E-state index in [1.165, 1.54) is 6.33 Å². The average Bonchev–Trinajstić information content (AvgIpc) is 2.67. The Hall–Kier alpha value is -1.19. The molecular weight excluding hydrogens is 202 g/mol. The van der Waals surface area contributed by atoms with Crippen LogP contribution in [0.3, 0.4) is 0 Å². The molecule has 1 heterocycles. The first-order chi connectivity index (χ1) is 7.69. The van der Waals surface area contributed by atoms with Gasteiger partial charge >= 0.3 is 0 Å². The zero-order valence-electron chi connectivity index (χ0n) is 10.4. The third-order valence-electron chi connectivity index (χ3n) is 2.73. The molecule has 0 aliphatic rings. The van der Waals surface area contributed by atoms with Gasteiger partial charge in [0.25, 0.3) is 0 Å². The van der Waals surface area contributed by atoms with E-state index >= 15 is 0 Å². The Morgan fingerprint density at radius 1 is 1.44 bits per heavy atom. The second kappa shape index (κ2) is 6.40. The molecule has 1 unspecified atom stereocenters. The molecule has 0 bridgehead atoms. The molecule has 0 N–H and O–H groups in total. The highest BCUT2D eigenvalue weighted by molar-refractivity contribution is 5.82. The molecule has 0 radical (unpaired) electrons. The molecule has 1 rings (SSSR count). The Morgan fingerprint density at radius 2 is 2.19 bits per heavy atom. The maximum Gasteiger partial charge on any atom is 0.143 e. The van der Waals surface area contributed by atoms with Crippen LogP contribution in [0.1, 0.15) is 45.9 Å². The number of carbonyl (C=O) groups excluding carboxylic acids is 1. The molecule has 0 amide bonds. The van der Waals surface area contributed by atoms with Crippen LogP contribution in [-0.2, 0) is 17.8 Å². The van der Waals surface area contributed by atoms with Crippen LogP contribution < -0.4 is 0 Å². The number of hydrogen-bond acceptors (Lipinski definition) is 3. The SMILES string of the molecule is CCCC(C)C(=O)Cc1ncnn1CCC. The number of carbonyl (C=O) groups is 1. The zero-order valence-corrected chi connectivity index (χ0v) is 10.4. The molecule has 4 nitrogen and oxygen atoms in total. The Morgan fingerprint density at radius 3 is 2.81 bits per heavy atom. The topological polar surface area (TPSA) is 47.8 Å². The van der Waals surface area contributed by atoms with E-state index < -0.39 is 0 Å². The minimum Gasteiger partial charge on any atom is -0.299 e. The lowest BCUT2D eigenvalue weighted by Gasteiger charge is -2.09. The van der Waals surface area contributed by atoms with Crippen molar-refractivity contribution in [2.24, 2.45) is 5.92 Å². The van der Waals surface area contributed by atoms with E-state index in [9.17, 15) is 4.79 Å². The summed E-state index contributed by atoms with van der Waals surface area (Å²) in [5, 5.41) is 4.12. The molecule has 1 aromatic heterocycles. The van der Waals surface area contributed by atoms with Crippen molar-refractivity contribution in [3.05, 3.63) is 12.2 Å². The van der Waals surface area contributed by atoms with Crippen LogP contribution in [0.25, 0.3) is 0 Å². The van der Waals surface area contributed by atoms with Gasteiger partial charge in [0.2, 0.25) is 0 Å². The van der Waals surface area contributed by atoms with E-state index in [1.54, 1.807) is 0 Å². The van der Waals surface area contributed by atoms with Crippen LogP contribution in [0.4, 0.5) is 0 Å². The molecule has 0 aromatic carbocycles. The van der Waals surface area contributed by atoms with E-state index in [-0.39, 0.29) is 11.7 Å². The summed E-state index contributed by atoms with van der Waals surface area (Å²) in [4.78, 5) is 16.0. The van der Waals surface area contributed by atoms with Crippen molar-refractivity contribution in [2.75, 3.05) is 0 Å². The minimum atomic E-state index is 0.136. The quantitative estimate of drug-likeness (QED) is 0.712. The first kappa shape index (κ1) is 12.9. The zero-order chi connectivity index (χ0) is 12.0. The van der Waals surface area contributed by atoms with E-state index in [0.717, 1.165) is 31.6 Å². The molecule has 16 heavy (non-hydrogen) atoms. The van der Waals surface area contributed by atoms with Gasteiger partial charge < -0.3 is 0 Å². The lowest BCUT2D eigenvalue weighted by Crippen LogP contribution is -2.17. The van der Waals surface area contributed by atoms with Gasteiger partial charge in [-0.1, -0.05) is 27.2 Å². The lowest BCUT2D eigenvalue weighted by molar-refractivity contribution is -0.122. The van der Waals surface area contributed by atoms with Gasteiger partial charge in [-0.2, -0.15) is 5.10 Å². The molecule has 0 spiro atoms. The van der Waals surface area contributed by atoms with Crippen molar-refractivity contribution in [3.8, 4) is 0 Å². The fourth-order valence-corrected chi connectivity index (χ4v) is 1.75. The fourth-order valence-electron chi connectivity index (χ4n) is 1.75. The molecule has 0 saturated heterocycles. The van der Waals surface area contributed by atoms with Crippen molar-refractivity contribution >= 4 is 5.78 Å². The first-order valence-electron chi connectivity index (χ1n) is 6.08. The van der Waals surface area contributed by atoms with Crippen LogP contribution in [0.2, 0.25) is 0 Å². The predicted octanol–water partition coefficient (Wildman–Crippen LogP) is 2.24. The van der Waals surface area contributed by atoms with Crippen LogP contribution in [-0.4, -0.2) is 20.5 Å². The Bertz CT molecular complexity index is 333. The normalized spacial score (nSPS) is 12.7. The average molecular weight is 223 g/mol. The highest BCUT2D eigenvalue weighted by Gasteiger charge is 2.15. The fraction of sp³-hybridized carbons (Fsp3) is 0.750. The van der Waals surface area contributed by atoms with Crippen molar-refractivity contribution < 1.29 is 4.79 Å². The molecule has 1 aromatic rings. The number of hydrogen-bond donors (Lipinski definition) is 0. The molecule has 90 valence electrons. The van der Waals surface area contributed by atoms with Crippen molar-refractivity contribution in [3.63, 3.8) is 0 Å². The molecule has 0 fully saturated rings. The van der Waals surface area contributed by atoms with E-state index in [1.807, 2.05) is 11.6 Å². The summed E-state index contributed by atoms with van der Waals surface area (Å²) in [6, 6.07) is 0. The molecule has 0 aliphatic heterocycles. The second-order valence-corrected chi connectivity index (χ2v) is 4.23. The third-order valence-corrected chi connectivity index (χ3v) is 2.73. The molecule has 0 saturated carbocycles. The van der Waals surface area contributed by atoms with Crippen LogP contribution >= 0.6 is 0 Å². The van der Waals surface area contributed by atoms with Crippen molar-refractivity contribution in [2.45, 2.75) is 53.0 Å². The van der Waals surface area contributed by atoms with Gasteiger partial charge in [0.15, 0.2) is 0 Å². The summed E-state index contributed by atoms with van der Waals surface area (Å²) in [7, 11) is 0. The minimum absolute atomic E-state index is 0.136. The van der Waals surface area contributed by atoms with Crippen LogP contribution in [0, 0.1) is 5.92 Å². The summed E-state index contributed by atoms with van der Waals surface area (Å²) in [5.74, 6) is 1.21. The summed E-state index contributed by atoms with van der Waals surface area (Å²) >= 11 is 0. The van der Waals surface area contributed by atoms with Crippen molar-refractivity contribution in [1.82, 2.24) is 14.8 Å². The third kappa shape index (κ3) is 3.43. The number of aromatic nitrogens is 3. The van der Waals surface area contributed by atoms with Crippen LogP contribution in [0.5, 0.6) is 0 Å². The van der Waals surface area contributed by atoms with Gasteiger partial charge in [0, 0.05) is 12.5 Å². The van der Waals surface area contributed by atoms with Gasteiger partial charge in [0.05, 0.1) is 6.42 Å². The maximum absolute atomic E-state index is 11.9. The van der Waals surface area contributed by atoms with E-state index in [0.29, 0.717) is 6.42 Å². The maximum atomic E-state index is 11.9. The molecule has 4 heteroatoms. The number of rotatable bonds is 7. The van der Waals surface area contributed by atoms with Crippen LogP contribution in [0.15, 0.2) is 6.33 Å². The number of nitrogens with zero attached hydrogens (tertiary/aromatic N) is 3. The molecular formula is C12H21N3O. The second-order valence-electron chi connectivity index (χ2n) is 4.23. The predicted molar refractivity (Wildman–Crippen MR) is 63.1 cm³/mol. The van der Waals surface area contributed by atoms with Gasteiger partial charge in [-0.05, 0) is 12.8 Å². The number of ketones is 1. The smallest absolute Gasteiger partial charge is 0.143 e.